The van der Waals surface area contributed by atoms with Crippen molar-refractivity contribution in [1.82, 2.24) is 15.3 Å². The van der Waals surface area contributed by atoms with Gasteiger partial charge in [0.05, 0.1) is 24.7 Å². The van der Waals surface area contributed by atoms with Crippen LogP contribution in [0.3, 0.4) is 0 Å². The highest BCUT2D eigenvalue weighted by atomic mass is 35.5. The maximum absolute atomic E-state index is 14.4. The molecule has 0 saturated heterocycles. The Balaban J connectivity index is 1.81. The van der Waals surface area contributed by atoms with Crippen LogP contribution < -0.4 is 15.5 Å². The topological polar surface area (TPSA) is 129 Å². The van der Waals surface area contributed by atoms with Gasteiger partial charge in [0.2, 0.25) is 5.91 Å². The van der Waals surface area contributed by atoms with Gasteiger partial charge in [-0.05, 0) is 24.6 Å². The van der Waals surface area contributed by atoms with Crippen LogP contribution >= 0.6 is 11.6 Å². The van der Waals surface area contributed by atoms with Crippen LogP contribution in [0.5, 0.6) is 0 Å². The third kappa shape index (κ3) is 7.32. The zero-order chi connectivity index (χ0) is 30.4. The molecule has 2 heterocycles. The number of carbonyl (C=O) groups is 3. The van der Waals surface area contributed by atoms with Gasteiger partial charge in [-0.2, -0.15) is 0 Å². The number of hydrogen-bond donors (Lipinski definition) is 3. The number of anilines is 2. The number of pyridine rings is 2. The van der Waals surface area contributed by atoms with E-state index in [-0.39, 0.29) is 34.2 Å². The number of aromatic nitrogens is 2. The zero-order valence-electron chi connectivity index (χ0n) is 21.8. The van der Waals surface area contributed by atoms with E-state index in [2.05, 4.69) is 25.4 Å². The van der Waals surface area contributed by atoms with Crippen molar-refractivity contribution >= 4 is 46.6 Å². The number of nitrogens with one attached hydrogen (secondary N) is 2. The van der Waals surface area contributed by atoms with Crippen LogP contribution in [0.15, 0.2) is 61.1 Å². The van der Waals surface area contributed by atoms with Crippen LogP contribution in [0.25, 0.3) is 4.85 Å². The number of aliphatic carboxylic acids is 1. The zero-order valence-corrected chi connectivity index (χ0v) is 22.6. The molecule has 0 spiro atoms. The lowest BCUT2D eigenvalue weighted by Crippen LogP contribution is -2.55. The maximum atomic E-state index is 14.4. The molecule has 0 bridgehead atoms. The van der Waals surface area contributed by atoms with Gasteiger partial charge in [0.15, 0.2) is 5.69 Å². The van der Waals surface area contributed by atoms with Crippen molar-refractivity contribution in [1.29, 1.82) is 0 Å². The molecule has 0 unspecified atom stereocenters. The lowest BCUT2D eigenvalue weighted by molar-refractivity contribution is -0.137. The molecule has 2 amide bonds. The number of halogens is 4. The van der Waals surface area contributed by atoms with E-state index < -0.39 is 66.9 Å². The van der Waals surface area contributed by atoms with E-state index in [1.54, 1.807) is 12.1 Å². The number of alkyl halides is 2. The van der Waals surface area contributed by atoms with Gasteiger partial charge in [-0.3, -0.25) is 24.3 Å². The molecule has 3 N–H and O–H groups in total. The minimum absolute atomic E-state index is 0.0558. The number of carboxylic acids is 1. The van der Waals surface area contributed by atoms with Crippen LogP contribution in [-0.4, -0.2) is 50.9 Å². The Morgan fingerprint density at radius 2 is 1.93 bits per heavy atom. The molecule has 14 heteroatoms. The van der Waals surface area contributed by atoms with Crippen LogP contribution in [0, 0.1) is 12.4 Å². The molecule has 2 atom stereocenters. The SMILES string of the molecule is [C-]#[N+]c1ccnc(N[C@@H](CCC(=O)O)C(=O)N(c2cncc(F)c2)[C@H](C(=O)NC2CC(F)(F)C2)c2ccccc2Cl)c1. The van der Waals surface area contributed by atoms with Gasteiger partial charge in [0.1, 0.15) is 23.7 Å². The van der Waals surface area contributed by atoms with Crippen molar-refractivity contribution in [2.75, 3.05) is 10.2 Å². The number of carboxylic acid groups (broad SMARTS) is 1. The summed E-state index contributed by atoms with van der Waals surface area (Å²) in [6.07, 6.45) is 1.33. The Morgan fingerprint density at radius 1 is 1.19 bits per heavy atom. The van der Waals surface area contributed by atoms with E-state index in [9.17, 15) is 32.7 Å². The average Bonchev–Trinajstić information content (AvgIpc) is 2.93. The highest BCUT2D eigenvalue weighted by Gasteiger charge is 2.47. The molecule has 1 aliphatic carbocycles. The largest absolute Gasteiger partial charge is 0.481 e. The van der Waals surface area contributed by atoms with Gasteiger partial charge < -0.3 is 15.7 Å². The first-order chi connectivity index (χ1) is 20.0. The normalized spacial score (nSPS) is 15.4. The Morgan fingerprint density at radius 3 is 2.57 bits per heavy atom. The highest BCUT2D eigenvalue weighted by Crippen LogP contribution is 2.39. The molecule has 0 radical (unpaired) electrons. The minimum atomic E-state index is -2.95. The first-order valence-corrected chi connectivity index (χ1v) is 13.0. The number of carbonyl (C=O) groups excluding carboxylic acids is 2. The number of rotatable bonds is 11. The summed E-state index contributed by atoms with van der Waals surface area (Å²) >= 11 is 6.45. The molecule has 1 aromatic carbocycles. The monoisotopic (exact) mass is 600 g/mol. The van der Waals surface area contributed by atoms with Crippen molar-refractivity contribution in [3.05, 3.63) is 88.9 Å². The second-order valence-corrected chi connectivity index (χ2v) is 10.0. The summed E-state index contributed by atoms with van der Waals surface area (Å²) in [5.74, 6) is -6.70. The summed E-state index contributed by atoms with van der Waals surface area (Å²) in [4.78, 5) is 51.7. The molecular weight excluding hydrogens is 577 g/mol. The Kier molecular flexibility index (Phi) is 9.27. The van der Waals surface area contributed by atoms with Crippen molar-refractivity contribution in [2.45, 2.75) is 49.7 Å². The van der Waals surface area contributed by atoms with Crippen LogP contribution in [0.2, 0.25) is 5.02 Å². The van der Waals surface area contributed by atoms with E-state index in [0.717, 1.165) is 23.4 Å². The predicted octanol–water partition coefficient (Wildman–Crippen LogP) is 5.15. The van der Waals surface area contributed by atoms with Gasteiger partial charge in [0.25, 0.3) is 11.8 Å². The maximum Gasteiger partial charge on any atom is 0.303 e. The molecule has 42 heavy (non-hydrogen) atoms. The van der Waals surface area contributed by atoms with Gasteiger partial charge >= 0.3 is 5.97 Å². The van der Waals surface area contributed by atoms with Crippen molar-refractivity contribution in [3.8, 4) is 0 Å². The van der Waals surface area contributed by atoms with Crippen molar-refractivity contribution in [2.24, 2.45) is 0 Å². The molecule has 0 aliphatic heterocycles. The van der Waals surface area contributed by atoms with Gasteiger partial charge in [-0.1, -0.05) is 29.8 Å². The number of nitrogens with zero attached hydrogens (tertiary/aromatic N) is 4. The summed E-state index contributed by atoms with van der Waals surface area (Å²) in [5.41, 5.74) is 0.114. The third-order valence-electron chi connectivity index (χ3n) is 6.49. The summed E-state index contributed by atoms with van der Waals surface area (Å²) in [6.45, 7) is 7.24. The van der Waals surface area contributed by atoms with E-state index in [0.29, 0.717) is 0 Å². The Labute approximate surface area is 243 Å². The fourth-order valence-corrected chi connectivity index (χ4v) is 4.75. The predicted molar refractivity (Wildman–Crippen MR) is 147 cm³/mol. The molecule has 4 rings (SSSR count). The van der Waals surface area contributed by atoms with E-state index in [1.165, 1.54) is 30.5 Å². The Bertz CT molecular complexity index is 1530. The fraction of sp³-hybridized carbons (Fsp3) is 0.286. The third-order valence-corrected chi connectivity index (χ3v) is 6.83. The summed E-state index contributed by atoms with van der Waals surface area (Å²) in [7, 11) is 0. The Hall–Kier alpha value is -4.70. The van der Waals surface area contributed by atoms with E-state index in [4.69, 9.17) is 18.2 Å². The summed E-state index contributed by atoms with van der Waals surface area (Å²) in [5, 5.41) is 14.8. The fourth-order valence-electron chi connectivity index (χ4n) is 4.51. The van der Waals surface area contributed by atoms with Crippen LogP contribution in [0.4, 0.5) is 30.4 Å². The van der Waals surface area contributed by atoms with Crippen LogP contribution in [0.1, 0.15) is 37.3 Å². The highest BCUT2D eigenvalue weighted by molar-refractivity contribution is 6.31. The first kappa shape index (κ1) is 30.3. The molecule has 1 fully saturated rings. The minimum Gasteiger partial charge on any atom is -0.481 e. The van der Waals surface area contributed by atoms with Gasteiger partial charge in [-0.25, -0.2) is 23.0 Å². The molecule has 218 valence electrons. The molecule has 1 saturated carbocycles. The second-order valence-electron chi connectivity index (χ2n) is 9.60. The smallest absolute Gasteiger partial charge is 0.303 e. The molecule has 1 aliphatic rings. The second kappa shape index (κ2) is 12.9. The standard InChI is InChI=1S/C28H24ClF3N6O4/c1-33-17-8-9-35-23(11-17)37-22(6-7-24(39)40)27(42)38(19-10-16(30)14-34-15-19)25(20-4-2-3-5-21(20)29)26(41)36-18-12-28(31,32)13-18/h2-5,8-11,14-15,18,22,25H,6-7,12-13H2,(H,35,37)(H,36,41)(H,39,40)/t22-,25-/m0/s1. The first-order valence-electron chi connectivity index (χ1n) is 12.7. The molecular formula is C28H24ClF3N6O4. The summed E-state index contributed by atoms with van der Waals surface area (Å²) in [6, 6.07) is 5.92. The van der Waals surface area contributed by atoms with Crippen molar-refractivity contribution in [3.63, 3.8) is 0 Å². The lowest BCUT2D eigenvalue weighted by atomic mass is 9.87. The van der Waals surface area contributed by atoms with E-state index >= 15 is 0 Å². The lowest BCUT2D eigenvalue weighted by Gasteiger charge is -2.39. The number of benzene rings is 1. The number of hydrogen-bond acceptors (Lipinski definition) is 6. The number of amides is 2. The van der Waals surface area contributed by atoms with Crippen molar-refractivity contribution < 1.29 is 32.7 Å². The van der Waals surface area contributed by atoms with E-state index in [1.807, 2.05) is 0 Å². The van der Waals surface area contributed by atoms with Gasteiger partial charge in [0, 0.05) is 48.2 Å². The van der Waals surface area contributed by atoms with Gasteiger partial charge in [-0.15, -0.1) is 0 Å². The molecule has 2 aromatic heterocycles. The quantitative estimate of drug-likeness (QED) is 0.260. The summed E-state index contributed by atoms with van der Waals surface area (Å²) < 4.78 is 41.6. The molecule has 10 nitrogen and oxygen atoms in total. The molecule has 3 aromatic rings. The van der Waals surface area contributed by atoms with Crippen LogP contribution in [-0.2, 0) is 14.4 Å². The average molecular weight is 601 g/mol.